The van der Waals surface area contributed by atoms with Crippen LogP contribution in [0.5, 0.6) is 5.75 Å². The minimum atomic E-state index is 0.330. The average Bonchev–Trinajstić information content (AvgIpc) is 3.09. The highest BCUT2D eigenvalue weighted by Gasteiger charge is 2.22. The Balaban J connectivity index is 2.15. The summed E-state index contributed by atoms with van der Waals surface area (Å²) in [5.74, 6) is 1.04. The fourth-order valence-electron chi connectivity index (χ4n) is 3.83. The zero-order valence-electron chi connectivity index (χ0n) is 14.2. The molecule has 2 aromatic carbocycles. The second-order valence-electron chi connectivity index (χ2n) is 6.65. The molecule has 0 aliphatic heterocycles. The number of phenolic OH excluding ortho intramolecular Hbond substituents is 1. The van der Waals surface area contributed by atoms with Gasteiger partial charge in [0.25, 0.3) is 0 Å². The highest BCUT2D eigenvalue weighted by molar-refractivity contribution is 5.82. The van der Waals surface area contributed by atoms with Gasteiger partial charge in [-0.2, -0.15) is 0 Å². The molecule has 0 bridgehead atoms. The van der Waals surface area contributed by atoms with Crippen LogP contribution in [0.2, 0.25) is 0 Å². The van der Waals surface area contributed by atoms with Crippen LogP contribution in [0, 0.1) is 12.8 Å². The van der Waals surface area contributed by atoms with E-state index in [1.165, 1.54) is 47.9 Å². The van der Waals surface area contributed by atoms with Gasteiger partial charge in [-0.15, -0.1) is 0 Å². The van der Waals surface area contributed by atoms with Crippen LogP contribution >= 0.6 is 0 Å². The first-order chi connectivity index (χ1) is 11.2. The molecule has 1 N–H and O–H groups in total. The first-order valence-electron chi connectivity index (χ1n) is 8.78. The molecule has 1 aliphatic carbocycles. The number of hydrogen-bond acceptors (Lipinski definition) is 1. The van der Waals surface area contributed by atoms with Gasteiger partial charge < -0.3 is 5.11 Å². The lowest BCUT2D eigenvalue weighted by Gasteiger charge is -2.21. The predicted molar refractivity (Wildman–Crippen MR) is 97.6 cm³/mol. The number of allylic oxidation sites excluding steroid dienone is 1. The second-order valence-corrected chi connectivity index (χ2v) is 6.65. The summed E-state index contributed by atoms with van der Waals surface area (Å²) in [5.41, 5.74) is 6.76. The Bertz CT molecular complexity index is 623. The molecular weight excluding hydrogens is 280 g/mol. The molecule has 0 aromatic heterocycles. The fraction of sp³-hybridized carbons (Fsp3) is 0.364. The van der Waals surface area contributed by atoms with Gasteiger partial charge in [0, 0.05) is 0 Å². The summed E-state index contributed by atoms with van der Waals surface area (Å²) in [4.78, 5) is 0. The molecule has 1 aliphatic rings. The van der Waals surface area contributed by atoms with Crippen LogP contribution in [0.4, 0.5) is 0 Å². The third-order valence-corrected chi connectivity index (χ3v) is 5.05. The van der Waals surface area contributed by atoms with Crippen molar-refractivity contribution in [2.24, 2.45) is 5.92 Å². The Hall–Kier alpha value is -2.02. The van der Waals surface area contributed by atoms with Crippen LogP contribution in [0.25, 0.3) is 5.57 Å². The van der Waals surface area contributed by atoms with Gasteiger partial charge in [0.15, 0.2) is 0 Å². The number of rotatable bonds is 4. The van der Waals surface area contributed by atoms with Gasteiger partial charge in [-0.05, 0) is 60.9 Å². The Morgan fingerprint density at radius 2 is 1.43 bits per heavy atom. The van der Waals surface area contributed by atoms with Gasteiger partial charge in [0.2, 0.25) is 0 Å². The van der Waals surface area contributed by atoms with Crippen LogP contribution in [-0.4, -0.2) is 5.11 Å². The lowest BCUT2D eigenvalue weighted by Crippen LogP contribution is -2.03. The summed E-state index contributed by atoms with van der Waals surface area (Å²) in [6.07, 6.45) is 6.43. The normalized spacial score (nSPS) is 16.4. The maximum atomic E-state index is 9.64. The minimum absolute atomic E-state index is 0.330. The summed E-state index contributed by atoms with van der Waals surface area (Å²) in [6, 6.07) is 16.6. The van der Waals surface area contributed by atoms with E-state index in [-0.39, 0.29) is 0 Å². The number of phenols is 1. The van der Waals surface area contributed by atoms with Crippen molar-refractivity contribution in [1.29, 1.82) is 0 Å². The molecule has 0 heterocycles. The largest absolute Gasteiger partial charge is 0.508 e. The van der Waals surface area contributed by atoms with E-state index in [4.69, 9.17) is 0 Å². The zero-order valence-corrected chi connectivity index (χ0v) is 14.2. The molecule has 23 heavy (non-hydrogen) atoms. The van der Waals surface area contributed by atoms with Crippen molar-refractivity contribution in [3.8, 4) is 5.75 Å². The van der Waals surface area contributed by atoms with E-state index in [1.807, 2.05) is 0 Å². The van der Waals surface area contributed by atoms with Crippen molar-refractivity contribution in [3.05, 3.63) is 70.8 Å². The van der Waals surface area contributed by atoms with Crippen molar-refractivity contribution in [1.82, 2.24) is 0 Å². The molecule has 0 unspecified atom stereocenters. The first kappa shape index (κ1) is 15.9. The molecule has 0 amide bonds. The smallest absolute Gasteiger partial charge is 0.115 e. The molecule has 0 atom stereocenters. The molecule has 1 heteroatoms. The van der Waals surface area contributed by atoms with Crippen LogP contribution in [-0.2, 0) is 0 Å². The Morgan fingerprint density at radius 1 is 0.913 bits per heavy atom. The first-order valence-corrected chi connectivity index (χ1v) is 8.78. The van der Waals surface area contributed by atoms with E-state index in [2.05, 4.69) is 50.2 Å². The molecule has 1 fully saturated rings. The lowest BCUT2D eigenvalue weighted by molar-refractivity contribution is 0.475. The van der Waals surface area contributed by atoms with Crippen molar-refractivity contribution < 1.29 is 5.11 Å². The molecule has 2 aromatic rings. The summed E-state index contributed by atoms with van der Waals surface area (Å²) in [7, 11) is 0. The Labute approximate surface area is 139 Å². The highest BCUT2D eigenvalue weighted by Crippen LogP contribution is 2.39. The summed E-state index contributed by atoms with van der Waals surface area (Å²) in [6.45, 7) is 4.41. The average molecular weight is 306 g/mol. The number of hydrogen-bond donors (Lipinski definition) is 1. The molecule has 3 rings (SSSR count). The molecule has 120 valence electrons. The van der Waals surface area contributed by atoms with E-state index in [0.29, 0.717) is 11.7 Å². The maximum absolute atomic E-state index is 9.64. The number of aromatic hydroxyl groups is 1. The number of aryl methyl sites for hydroxylation is 1. The van der Waals surface area contributed by atoms with E-state index < -0.39 is 0 Å². The van der Waals surface area contributed by atoms with Crippen molar-refractivity contribution in [2.45, 2.75) is 46.0 Å². The Kier molecular flexibility index (Phi) is 4.85. The topological polar surface area (TPSA) is 20.2 Å². The predicted octanol–water partition coefficient (Wildman–Crippen LogP) is 6.10. The SMILES string of the molecule is CCC(=C(c1ccc(C)cc1)c1ccc(O)cc1)C1CCCC1. The van der Waals surface area contributed by atoms with Crippen LogP contribution in [0.3, 0.4) is 0 Å². The molecule has 0 saturated heterocycles. The third kappa shape index (κ3) is 3.50. The molecule has 0 spiro atoms. The molecular formula is C22H26O. The van der Waals surface area contributed by atoms with Crippen molar-refractivity contribution >= 4 is 5.57 Å². The summed E-state index contributed by atoms with van der Waals surface area (Å²) in [5, 5.41) is 9.64. The van der Waals surface area contributed by atoms with Crippen LogP contribution in [0.1, 0.15) is 55.7 Å². The van der Waals surface area contributed by atoms with Crippen LogP contribution in [0.15, 0.2) is 54.1 Å². The van der Waals surface area contributed by atoms with E-state index in [0.717, 1.165) is 6.42 Å². The summed E-state index contributed by atoms with van der Waals surface area (Å²) >= 11 is 0. The van der Waals surface area contributed by atoms with Crippen molar-refractivity contribution in [3.63, 3.8) is 0 Å². The quantitative estimate of drug-likeness (QED) is 0.723. The second kappa shape index (κ2) is 7.04. The fourth-order valence-corrected chi connectivity index (χ4v) is 3.83. The van der Waals surface area contributed by atoms with E-state index in [1.54, 1.807) is 17.7 Å². The van der Waals surface area contributed by atoms with E-state index in [9.17, 15) is 5.11 Å². The van der Waals surface area contributed by atoms with Crippen LogP contribution < -0.4 is 0 Å². The lowest BCUT2D eigenvalue weighted by atomic mass is 9.84. The minimum Gasteiger partial charge on any atom is -0.508 e. The maximum Gasteiger partial charge on any atom is 0.115 e. The molecule has 1 nitrogen and oxygen atoms in total. The number of benzene rings is 2. The summed E-state index contributed by atoms with van der Waals surface area (Å²) < 4.78 is 0. The molecule has 0 radical (unpaired) electrons. The van der Waals surface area contributed by atoms with Crippen molar-refractivity contribution in [2.75, 3.05) is 0 Å². The Morgan fingerprint density at radius 3 is 1.96 bits per heavy atom. The molecule has 1 saturated carbocycles. The van der Waals surface area contributed by atoms with Gasteiger partial charge in [-0.1, -0.05) is 67.3 Å². The van der Waals surface area contributed by atoms with Gasteiger partial charge >= 0.3 is 0 Å². The zero-order chi connectivity index (χ0) is 16.2. The van der Waals surface area contributed by atoms with Gasteiger partial charge in [-0.3, -0.25) is 0 Å². The monoisotopic (exact) mass is 306 g/mol. The van der Waals surface area contributed by atoms with Gasteiger partial charge in [0.05, 0.1) is 0 Å². The standard InChI is InChI=1S/C22H26O/c1-3-21(17-6-4-5-7-17)22(18-10-8-16(2)9-11-18)19-12-14-20(23)15-13-19/h8-15,17,23H,3-7H2,1-2H3. The van der Waals surface area contributed by atoms with Gasteiger partial charge in [-0.25, -0.2) is 0 Å². The van der Waals surface area contributed by atoms with E-state index >= 15 is 0 Å². The highest BCUT2D eigenvalue weighted by atomic mass is 16.3. The van der Waals surface area contributed by atoms with Gasteiger partial charge in [0.1, 0.15) is 5.75 Å². The third-order valence-electron chi connectivity index (χ3n) is 5.05.